The van der Waals surface area contributed by atoms with E-state index in [0.29, 0.717) is 32.0 Å². The summed E-state index contributed by atoms with van der Waals surface area (Å²) in [4.78, 5) is 22.5. The highest BCUT2D eigenvalue weighted by Crippen LogP contribution is 2.26. The average molecular weight is 345 g/mol. The summed E-state index contributed by atoms with van der Waals surface area (Å²) >= 11 is 0. The van der Waals surface area contributed by atoms with Gasteiger partial charge in [-0.25, -0.2) is 9.97 Å². The molecule has 0 bridgehead atoms. The largest absolute Gasteiger partial charge is 0.382 e. The second-order valence-electron chi connectivity index (χ2n) is 6.53. The van der Waals surface area contributed by atoms with Crippen LogP contribution >= 0.6 is 0 Å². The number of pyridine rings is 1. The molecule has 1 amide bonds. The number of nitrogens with two attached hydrogens (primary N) is 1. The van der Waals surface area contributed by atoms with Crippen LogP contribution < -0.4 is 5.73 Å². The predicted octanol–water partition coefficient (Wildman–Crippen LogP) is 1.83. The number of rotatable bonds is 7. The minimum absolute atomic E-state index is 0.242. The van der Waals surface area contributed by atoms with Crippen LogP contribution in [0.1, 0.15) is 36.8 Å². The van der Waals surface area contributed by atoms with Crippen molar-refractivity contribution in [3.8, 4) is 0 Å². The van der Waals surface area contributed by atoms with E-state index in [1.165, 1.54) is 0 Å². The number of carbonyl (C=O) groups is 1. The number of amides is 1. The standard InChI is InChI=1S/C18H27N5O2/c1-4-14-21-16-17(12(2)13(3)20-18(16)19)23(14)9-11-25-10-8-22-7-5-6-15(22)24/h4-11H2,1-3H3,(H2,19,20). The molecule has 7 heteroatoms. The molecule has 25 heavy (non-hydrogen) atoms. The first-order valence-corrected chi connectivity index (χ1v) is 9.00. The van der Waals surface area contributed by atoms with Gasteiger partial charge in [0, 0.05) is 38.2 Å². The summed E-state index contributed by atoms with van der Waals surface area (Å²) in [6.07, 6.45) is 2.47. The number of anilines is 1. The first-order chi connectivity index (χ1) is 12.0. The fourth-order valence-corrected chi connectivity index (χ4v) is 3.43. The van der Waals surface area contributed by atoms with Gasteiger partial charge in [-0.05, 0) is 25.8 Å². The number of carbonyl (C=O) groups excluding carboxylic acids is 1. The second kappa shape index (κ2) is 7.39. The molecule has 0 saturated carbocycles. The lowest BCUT2D eigenvalue weighted by Crippen LogP contribution is -2.28. The molecule has 3 heterocycles. The maximum atomic E-state index is 11.6. The Morgan fingerprint density at radius 2 is 1.96 bits per heavy atom. The Kier molecular flexibility index (Phi) is 5.22. The second-order valence-corrected chi connectivity index (χ2v) is 6.53. The van der Waals surface area contributed by atoms with Crippen molar-refractivity contribution in [2.75, 3.05) is 32.0 Å². The minimum atomic E-state index is 0.242. The quantitative estimate of drug-likeness (QED) is 0.774. The van der Waals surface area contributed by atoms with Gasteiger partial charge in [-0.3, -0.25) is 4.79 Å². The highest BCUT2D eigenvalue weighted by molar-refractivity contribution is 5.88. The number of aryl methyl sites for hydroxylation is 3. The highest BCUT2D eigenvalue weighted by Gasteiger charge is 2.19. The van der Waals surface area contributed by atoms with Crippen LogP contribution in [0, 0.1) is 13.8 Å². The number of imidazole rings is 1. The summed E-state index contributed by atoms with van der Waals surface area (Å²) in [5.74, 6) is 1.72. The molecule has 0 atom stereocenters. The monoisotopic (exact) mass is 345 g/mol. The van der Waals surface area contributed by atoms with E-state index in [0.717, 1.165) is 54.0 Å². The van der Waals surface area contributed by atoms with Crippen molar-refractivity contribution < 1.29 is 9.53 Å². The normalized spacial score (nSPS) is 14.8. The van der Waals surface area contributed by atoms with Gasteiger partial charge in [0.05, 0.1) is 18.7 Å². The maximum absolute atomic E-state index is 11.6. The molecule has 0 aliphatic carbocycles. The van der Waals surface area contributed by atoms with Gasteiger partial charge in [-0.2, -0.15) is 0 Å². The molecule has 1 aliphatic heterocycles. The third-order valence-electron chi connectivity index (χ3n) is 4.93. The Balaban J connectivity index is 1.67. The van der Waals surface area contributed by atoms with Gasteiger partial charge >= 0.3 is 0 Å². The van der Waals surface area contributed by atoms with Gasteiger partial charge in [-0.1, -0.05) is 6.92 Å². The minimum Gasteiger partial charge on any atom is -0.382 e. The number of ether oxygens (including phenoxy) is 1. The Hall–Kier alpha value is -2.15. The molecule has 0 unspecified atom stereocenters. The summed E-state index contributed by atoms with van der Waals surface area (Å²) in [6, 6.07) is 0. The van der Waals surface area contributed by atoms with E-state index in [4.69, 9.17) is 10.5 Å². The molecule has 1 saturated heterocycles. The van der Waals surface area contributed by atoms with Crippen molar-refractivity contribution in [3.63, 3.8) is 0 Å². The number of aromatic nitrogens is 3. The molecular weight excluding hydrogens is 318 g/mol. The Morgan fingerprint density at radius 3 is 2.64 bits per heavy atom. The van der Waals surface area contributed by atoms with Gasteiger partial charge in [0.25, 0.3) is 0 Å². The summed E-state index contributed by atoms with van der Waals surface area (Å²) in [6.45, 7) is 9.53. The SMILES string of the molecule is CCc1nc2c(N)nc(C)c(C)c2n1CCOCCN1CCCC1=O. The van der Waals surface area contributed by atoms with E-state index >= 15 is 0 Å². The van der Waals surface area contributed by atoms with Crippen LogP contribution in [0.2, 0.25) is 0 Å². The number of likely N-dealkylation sites (tertiary alicyclic amines) is 1. The number of hydrogen-bond acceptors (Lipinski definition) is 5. The molecule has 1 fully saturated rings. The zero-order valence-electron chi connectivity index (χ0n) is 15.3. The summed E-state index contributed by atoms with van der Waals surface area (Å²) in [5.41, 5.74) is 9.95. The van der Waals surface area contributed by atoms with Crippen LogP contribution in [0.25, 0.3) is 11.0 Å². The first-order valence-electron chi connectivity index (χ1n) is 9.00. The lowest BCUT2D eigenvalue weighted by molar-refractivity contribution is -0.128. The zero-order valence-corrected chi connectivity index (χ0v) is 15.3. The third-order valence-corrected chi connectivity index (χ3v) is 4.93. The van der Waals surface area contributed by atoms with Crippen molar-refractivity contribution >= 4 is 22.8 Å². The van der Waals surface area contributed by atoms with E-state index in [9.17, 15) is 4.79 Å². The van der Waals surface area contributed by atoms with Crippen molar-refractivity contribution in [1.29, 1.82) is 0 Å². The molecule has 0 spiro atoms. The molecular formula is C18H27N5O2. The van der Waals surface area contributed by atoms with Crippen molar-refractivity contribution in [3.05, 3.63) is 17.1 Å². The highest BCUT2D eigenvalue weighted by atomic mass is 16.5. The van der Waals surface area contributed by atoms with Crippen LogP contribution in [-0.2, 0) is 22.5 Å². The third kappa shape index (κ3) is 3.46. The maximum Gasteiger partial charge on any atom is 0.222 e. The molecule has 136 valence electrons. The Morgan fingerprint density at radius 1 is 1.20 bits per heavy atom. The van der Waals surface area contributed by atoms with E-state index in [-0.39, 0.29) is 5.91 Å². The molecule has 7 nitrogen and oxygen atoms in total. The summed E-state index contributed by atoms with van der Waals surface area (Å²) in [5, 5.41) is 0. The van der Waals surface area contributed by atoms with Crippen molar-refractivity contribution in [2.24, 2.45) is 0 Å². The lowest BCUT2D eigenvalue weighted by Gasteiger charge is -2.16. The first kappa shape index (κ1) is 17.7. The van der Waals surface area contributed by atoms with E-state index in [1.54, 1.807) is 0 Å². The topological polar surface area (TPSA) is 86.3 Å². The molecule has 2 aromatic heterocycles. The number of nitrogen functional groups attached to an aromatic ring is 1. The van der Waals surface area contributed by atoms with Crippen molar-refractivity contribution in [2.45, 2.75) is 46.6 Å². The molecule has 0 radical (unpaired) electrons. The van der Waals surface area contributed by atoms with E-state index < -0.39 is 0 Å². The van der Waals surface area contributed by atoms with Crippen molar-refractivity contribution in [1.82, 2.24) is 19.4 Å². The fourth-order valence-electron chi connectivity index (χ4n) is 3.43. The number of nitrogens with zero attached hydrogens (tertiary/aromatic N) is 4. The van der Waals surface area contributed by atoms with E-state index in [2.05, 4.69) is 28.4 Å². The van der Waals surface area contributed by atoms with Gasteiger partial charge in [0.2, 0.25) is 5.91 Å². The zero-order chi connectivity index (χ0) is 18.0. The molecule has 0 aromatic carbocycles. The van der Waals surface area contributed by atoms with Crippen LogP contribution in [0.5, 0.6) is 0 Å². The van der Waals surface area contributed by atoms with Gasteiger partial charge in [-0.15, -0.1) is 0 Å². The van der Waals surface area contributed by atoms with E-state index in [1.807, 2.05) is 11.8 Å². The van der Waals surface area contributed by atoms with Gasteiger partial charge < -0.3 is 19.9 Å². The van der Waals surface area contributed by atoms with Gasteiger partial charge in [0.1, 0.15) is 11.3 Å². The average Bonchev–Trinajstić information content (AvgIpc) is 3.16. The Labute approximate surface area is 148 Å². The van der Waals surface area contributed by atoms with Crippen LogP contribution in [0.3, 0.4) is 0 Å². The summed E-state index contributed by atoms with van der Waals surface area (Å²) in [7, 11) is 0. The van der Waals surface area contributed by atoms with Crippen LogP contribution in [0.15, 0.2) is 0 Å². The number of hydrogen-bond donors (Lipinski definition) is 1. The molecule has 3 rings (SSSR count). The fraction of sp³-hybridized carbons (Fsp3) is 0.611. The number of fused-ring (bicyclic) bond motifs is 1. The smallest absolute Gasteiger partial charge is 0.222 e. The molecule has 2 aromatic rings. The molecule has 2 N–H and O–H groups in total. The Bertz CT molecular complexity index is 784. The summed E-state index contributed by atoms with van der Waals surface area (Å²) < 4.78 is 7.97. The predicted molar refractivity (Wildman–Crippen MR) is 97.4 cm³/mol. The van der Waals surface area contributed by atoms with Crippen LogP contribution in [0.4, 0.5) is 5.82 Å². The van der Waals surface area contributed by atoms with Crippen LogP contribution in [-0.4, -0.2) is 51.6 Å². The lowest BCUT2D eigenvalue weighted by atomic mass is 10.2. The van der Waals surface area contributed by atoms with Gasteiger partial charge in [0.15, 0.2) is 5.82 Å². The molecule has 1 aliphatic rings.